The minimum atomic E-state index is -0.0965. The fourth-order valence-corrected chi connectivity index (χ4v) is 3.61. The molecule has 2 aromatic carbocycles. The Labute approximate surface area is 163 Å². The molecule has 3 rings (SSSR count). The highest BCUT2D eigenvalue weighted by atomic mass is 35.5. The Morgan fingerprint density at radius 2 is 1.73 bits per heavy atom. The predicted octanol–water partition coefficient (Wildman–Crippen LogP) is 3.96. The lowest BCUT2D eigenvalue weighted by Gasteiger charge is -2.32. The summed E-state index contributed by atoms with van der Waals surface area (Å²) in [5.74, 6) is -0.0811. The summed E-state index contributed by atoms with van der Waals surface area (Å²) in [5, 5.41) is 3.93. The molecule has 0 spiro atoms. The largest absolute Gasteiger partial charge is 0.353 e. The predicted molar refractivity (Wildman–Crippen MR) is 104 cm³/mol. The number of hydrogen-bond donors (Lipinski definition) is 1. The Hall–Kier alpha value is -2.04. The molecule has 0 aromatic heterocycles. The van der Waals surface area contributed by atoms with Crippen LogP contribution in [0.2, 0.25) is 10.0 Å². The van der Waals surface area contributed by atoms with Crippen LogP contribution < -0.4 is 5.32 Å². The first-order valence-electron chi connectivity index (χ1n) is 8.60. The molecule has 0 radical (unpaired) electrons. The van der Waals surface area contributed by atoms with Crippen LogP contribution in [-0.4, -0.2) is 35.8 Å². The van der Waals surface area contributed by atoms with Crippen molar-refractivity contribution in [2.24, 2.45) is 0 Å². The smallest absolute Gasteiger partial charge is 0.255 e. The van der Waals surface area contributed by atoms with Gasteiger partial charge in [0.2, 0.25) is 5.91 Å². The number of hydrogen-bond acceptors (Lipinski definition) is 2. The van der Waals surface area contributed by atoms with E-state index in [0.29, 0.717) is 35.1 Å². The Balaban J connectivity index is 1.51. The Morgan fingerprint density at radius 3 is 2.38 bits per heavy atom. The van der Waals surface area contributed by atoms with Crippen LogP contribution in [0.1, 0.15) is 28.8 Å². The normalized spacial score (nSPS) is 14.9. The van der Waals surface area contributed by atoms with Crippen molar-refractivity contribution in [2.45, 2.75) is 25.3 Å². The summed E-state index contributed by atoms with van der Waals surface area (Å²) in [4.78, 5) is 26.6. The van der Waals surface area contributed by atoms with Crippen molar-refractivity contribution in [3.05, 3.63) is 69.7 Å². The maximum atomic E-state index is 12.6. The number of halogens is 2. The lowest BCUT2D eigenvalue weighted by atomic mass is 10.0. The molecular formula is C20H20Cl2N2O2. The average Bonchev–Trinajstić information content (AvgIpc) is 2.62. The SMILES string of the molecule is O=C(Cc1ccccc1)NC1CCN(C(=O)c2ccc(Cl)cc2Cl)CC1. The summed E-state index contributed by atoms with van der Waals surface area (Å²) in [7, 11) is 0. The molecule has 2 aromatic rings. The summed E-state index contributed by atoms with van der Waals surface area (Å²) in [6.07, 6.45) is 1.84. The third-order valence-corrected chi connectivity index (χ3v) is 5.06. The molecule has 1 N–H and O–H groups in total. The van der Waals surface area contributed by atoms with Crippen LogP contribution in [0.5, 0.6) is 0 Å². The van der Waals surface area contributed by atoms with Crippen molar-refractivity contribution in [3.63, 3.8) is 0 Å². The van der Waals surface area contributed by atoms with E-state index in [1.807, 2.05) is 30.3 Å². The highest BCUT2D eigenvalue weighted by Crippen LogP contribution is 2.23. The van der Waals surface area contributed by atoms with Gasteiger partial charge < -0.3 is 10.2 Å². The number of amides is 2. The molecule has 4 nitrogen and oxygen atoms in total. The van der Waals surface area contributed by atoms with Gasteiger partial charge in [-0.1, -0.05) is 53.5 Å². The van der Waals surface area contributed by atoms with Gasteiger partial charge in [0.15, 0.2) is 0 Å². The fourth-order valence-electron chi connectivity index (χ4n) is 3.12. The monoisotopic (exact) mass is 390 g/mol. The number of benzene rings is 2. The molecule has 1 aliphatic rings. The first-order chi connectivity index (χ1) is 12.5. The number of rotatable bonds is 4. The van der Waals surface area contributed by atoms with Crippen LogP contribution in [0, 0.1) is 0 Å². The molecule has 0 saturated carbocycles. The zero-order valence-corrected chi connectivity index (χ0v) is 15.8. The quantitative estimate of drug-likeness (QED) is 0.858. The number of carbonyl (C=O) groups excluding carboxylic acids is 2. The molecular weight excluding hydrogens is 371 g/mol. The van der Waals surface area contributed by atoms with Crippen LogP contribution in [0.15, 0.2) is 48.5 Å². The summed E-state index contributed by atoms with van der Waals surface area (Å²) in [6.45, 7) is 1.18. The van der Waals surface area contributed by atoms with Crippen molar-refractivity contribution in [1.82, 2.24) is 10.2 Å². The number of likely N-dealkylation sites (tertiary alicyclic amines) is 1. The Kier molecular flexibility index (Phi) is 6.17. The minimum absolute atomic E-state index is 0.0155. The van der Waals surface area contributed by atoms with Crippen molar-refractivity contribution in [2.75, 3.05) is 13.1 Å². The molecule has 6 heteroatoms. The third-order valence-electron chi connectivity index (χ3n) is 4.52. The molecule has 1 fully saturated rings. The van der Waals surface area contributed by atoms with E-state index >= 15 is 0 Å². The van der Waals surface area contributed by atoms with Gasteiger partial charge in [0.05, 0.1) is 17.0 Å². The molecule has 2 amide bonds. The first kappa shape index (κ1) is 18.7. The number of nitrogens with one attached hydrogen (secondary N) is 1. The highest BCUT2D eigenvalue weighted by molar-refractivity contribution is 6.36. The molecule has 26 heavy (non-hydrogen) atoms. The third kappa shape index (κ3) is 4.77. The van der Waals surface area contributed by atoms with E-state index in [2.05, 4.69) is 5.32 Å². The first-order valence-corrected chi connectivity index (χ1v) is 9.36. The van der Waals surface area contributed by atoms with Crippen LogP contribution in [0.3, 0.4) is 0 Å². The van der Waals surface area contributed by atoms with E-state index in [1.54, 1.807) is 23.1 Å². The van der Waals surface area contributed by atoms with Gasteiger partial charge in [0.1, 0.15) is 0 Å². The summed E-state index contributed by atoms with van der Waals surface area (Å²) < 4.78 is 0. The molecule has 1 saturated heterocycles. The van der Waals surface area contributed by atoms with Crippen molar-refractivity contribution < 1.29 is 9.59 Å². The topological polar surface area (TPSA) is 49.4 Å². The summed E-state index contributed by atoms with van der Waals surface area (Å²) in [6, 6.07) is 14.7. The van der Waals surface area contributed by atoms with E-state index in [-0.39, 0.29) is 17.9 Å². The minimum Gasteiger partial charge on any atom is -0.353 e. The molecule has 0 aliphatic carbocycles. The molecule has 136 valence electrons. The van der Waals surface area contributed by atoms with E-state index in [0.717, 1.165) is 18.4 Å². The van der Waals surface area contributed by atoms with Crippen LogP contribution in [0.25, 0.3) is 0 Å². The van der Waals surface area contributed by atoms with Gasteiger partial charge in [-0.25, -0.2) is 0 Å². The van der Waals surface area contributed by atoms with Crippen LogP contribution >= 0.6 is 23.2 Å². The van der Waals surface area contributed by atoms with Gasteiger partial charge >= 0.3 is 0 Å². The van der Waals surface area contributed by atoms with Gasteiger partial charge in [-0.2, -0.15) is 0 Å². The maximum Gasteiger partial charge on any atom is 0.255 e. The summed E-state index contributed by atoms with van der Waals surface area (Å²) >= 11 is 12.0. The zero-order chi connectivity index (χ0) is 18.5. The van der Waals surface area contributed by atoms with E-state index in [9.17, 15) is 9.59 Å². The molecule has 0 unspecified atom stereocenters. The lowest BCUT2D eigenvalue weighted by Crippen LogP contribution is -2.46. The second-order valence-electron chi connectivity index (χ2n) is 6.42. The Bertz CT molecular complexity index is 788. The van der Waals surface area contributed by atoms with Crippen LogP contribution in [0.4, 0.5) is 0 Å². The molecule has 0 bridgehead atoms. The van der Waals surface area contributed by atoms with Crippen molar-refractivity contribution >= 4 is 35.0 Å². The number of piperidine rings is 1. The standard InChI is InChI=1S/C20H20Cl2N2O2/c21-15-6-7-17(18(22)13-15)20(26)24-10-8-16(9-11-24)23-19(25)12-14-4-2-1-3-5-14/h1-7,13,16H,8-12H2,(H,23,25). The van der Waals surface area contributed by atoms with Gasteiger partial charge in [0, 0.05) is 24.2 Å². The molecule has 0 atom stereocenters. The van der Waals surface area contributed by atoms with Crippen LogP contribution in [-0.2, 0) is 11.2 Å². The van der Waals surface area contributed by atoms with Crippen molar-refractivity contribution in [1.29, 1.82) is 0 Å². The maximum absolute atomic E-state index is 12.6. The zero-order valence-electron chi connectivity index (χ0n) is 14.3. The summed E-state index contributed by atoms with van der Waals surface area (Å²) in [5.41, 5.74) is 1.46. The second kappa shape index (κ2) is 8.56. The van der Waals surface area contributed by atoms with E-state index in [1.165, 1.54) is 0 Å². The highest BCUT2D eigenvalue weighted by Gasteiger charge is 2.25. The van der Waals surface area contributed by atoms with E-state index < -0.39 is 0 Å². The number of carbonyl (C=O) groups is 2. The second-order valence-corrected chi connectivity index (χ2v) is 7.26. The Morgan fingerprint density at radius 1 is 1.04 bits per heavy atom. The molecule has 1 aliphatic heterocycles. The van der Waals surface area contributed by atoms with Gasteiger partial charge in [0.25, 0.3) is 5.91 Å². The fraction of sp³-hybridized carbons (Fsp3) is 0.300. The number of nitrogens with zero attached hydrogens (tertiary/aromatic N) is 1. The van der Waals surface area contributed by atoms with Gasteiger partial charge in [-0.05, 0) is 36.6 Å². The molecule has 1 heterocycles. The lowest BCUT2D eigenvalue weighted by molar-refractivity contribution is -0.121. The van der Waals surface area contributed by atoms with Gasteiger partial charge in [-0.15, -0.1) is 0 Å². The average molecular weight is 391 g/mol. The van der Waals surface area contributed by atoms with Gasteiger partial charge in [-0.3, -0.25) is 9.59 Å². The van der Waals surface area contributed by atoms with Crippen molar-refractivity contribution in [3.8, 4) is 0 Å². The van der Waals surface area contributed by atoms with E-state index in [4.69, 9.17) is 23.2 Å².